The number of rotatable bonds is 7. The molecule has 0 aliphatic heterocycles. The number of hydrogen-bond acceptors (Lipinski definition) is 3. The van der Waals surface area contributed by atoms with Crippen molar-refractivity contribution in [2.24, 2.45) is 17.8 Å². The summed E-state index contributed by atoms with van der Waals surface area (Å²) < 4.78 is 7.53. The molecule has 0 bridgehead atoms. The zero-order chi connectivity index (χ0) is 14.9. The highest BCUT2D eigenvalue weighted by atomic mass is 35.5. The fourth-order valence-electron chi connectivity index (χ4n) is 3.24. The third-order valence-electron chi connectivity index (χ3n) is 4.66. The molecule has 0 radical (unpaired) electrons. The van der Waals surface area contributed by atoms with Crippen molar-refractivity contribution < 1.29 is 4.74 Å². The first kappa shape index (κ1) is 14.1. The Morgan fingerprint density at radius 3 is 2.64 bits per heavy atom. The molecule has 0 atom stereocenters. The Morgan fingerprint density at radius 1 is 1.18 bits per heavy atom. The van der Waals surface area contributed by atoms with Gasteiger partial charge in [0, 0.05) is 12.3 Å². The van der Waals surface area contributed by atoms with Crippen molar-refractivity contribution in [2.75, 3.05) is 6.61 Å². The molecular formula is C17H20ClN3O. The molecule has 0 aromatic carbocycles. The maximum absolute atomic E-state index is 5.91. The predicted octanol–water partition coefficient (Wildman–Crippen LogP) is 4.13. The smallest absolute Gasteiger partial charge is 0.233 e. The zero-order valence-electron chi connectivity index (χ0n) is 12.5. The Balaban J connectivity index is 1.33. The average Bonchev–Trinajstić information content (AvgIpc) is 3.44. The standard InChI is InChI=1S/C17H20ClN3O/c18-15-2-1-3-16(19-15)21-10-8-17(20-21)22-11-9-14(12-4-5-12)13-6-7-13/h1-3,8,10,12-14H,4-7,9,11H2. The first-order chi connectivity index (χ1) is 10.8. The van der Waals surface area contributed by atoms with Gasteiger partial charge in [0.05, 0.1) is 6.61 Å². The molecule has 0 spiro atoms. The third kappa shape index (κ3) is 3.27. The lowest BCUT2D eigenvalue weighted by atomic mass is 9.95. The van der Waals surface area contributed by atoms with Crippen LogP contribution in [-0.2, 0) is 0 Å². The summed E-state index contributed by atoms with van der Waals surface area (Å²) in [5, 5.41) is 4.88. The quantitative estimate of drug-likeness (QED) is 0.721. The predicted molar refractivity (Wildman–Crippen MR) is 85.4 cm³/mol. The topological polar surface area (TPSA) is 39.9 Å². The van der Waals surface area contributed by atoms with E-state index in [1.54, 1.807) is 10.7 Å². The number of nitrogens with zero attached hydrogens (tertiary/aromatic N) is 3. The lowest BCUT2D eigenvalue weighted by Crippen LogP contribution is -2.11. The molecule has 116 valence electrons. The normalized spacial score (nSPS) is 17.9. The van der Waals surface area contributed by atoms with E-state index in [9.17, 15) is 0 Å². The maximum atomic E-state index is 5.91. The Morgan fingerprint density at radius 2 is 1.95 bits per heavy atom. The van der Waals surface area contributed by atoms with E-state index in [1.165, 1.54) is 25.7 Å². The number of ether oxygens (including phenoxy) is 1. The van der Waals surface area contributed by atoms with E-state index in [1.807, 2.05) is 24.4 Å². The minimum Gasteiger partial charge on any atom is -0.477 e. The number of aromatic nitrogens is 3. The van der Waals surface area contributed by atoms with Crippen LogP contribution in [0.3, 0.4) is 0 Å². The maximum Gasteiger partial charge on any atom is 0.233 e. The van der Waals surface area contributed by atoms with Crippen molar-refractivity contribution in [3.63, 3.8) is 0 Å². The van der Waals surface area contributed by atoms with Gasteiger partial charge in [-0.1, -0.05) is 17.7 Å². The summed E-state index contributed by atoms with van der Waals surface area (Å²) in [5.41, 5.74) is 0. The van der Waals surface area contributed by atoms with Gasteiger partial charge >= 0.3 is 0 Å². The van der Waals surface area contributed by atoms with E-state index in [0.717, 1.165) is 30.8 Å². The first-order valence-electron chi connectivity index (χ1n) is 8.11. The van der Waals surface area contributed by atoms with Crippen LogP contribution in [0.1, 0.15) is 32.1 Å². The SMILES string of the molecule is Clc1cccc(-n2ccc(OCCC(C3CC3)C3CC3)n2)n1. The molecule has 0 amide bonds. The summed E-state index contributed by atoms with van der Waals surface area (Å²) in [7, 11) is 0. The molecule has 2 fully saturated rings. The van der Waals surface area contributed by atoms with Crippen LogP contribution in [0.2, 0.25) is 5.15 Å². The number of pyridine rings is 1. The van der Waals surface area contributed by atoms with Gasteiger partial charge in [-0.2, -0.15) is 0 Å². The largest absolute Gasteiger partial charge is 0.477 e. The number of hydrogen-bond donors (Lipinski definition) is 0. The minimum atomic E-state index is 0.465. The van der Waals surface area contributed by atoms with Crippen LogP contribution in [0.15, 0.2) is 30.5 Å². The first-order valence-corrected chi connectivity index (χ1v) is 8.49. The van der Waals surface area contributed by atoms with Crippen LogP contribution >= 0.6 is 11.6 Å². The highest BCUT2D eigenvalue weighted by Crippen LogP contribution is 2.50. The van der Waals surface area contributed by atoms with Crippen molar-refractivity contribution in [1.29, 1.82) is 0 Å². The van der Waals surface area contributed by atoms with Crippen molar-refractivity contribution >= 4 is 11.6 Å². The van der Waals surface area contributed by atoms with Gasteiger partial charge in [0.1, 0.15) is 5.15 Å². The van der Waals surface area contributed by atoms with E-state index < -0.39 is 0 Å². The second-order valence-corrected chi connectivity index (χ2v) is 6.78. The summed E-state index contributed by atoms with van der Waals surface area (Å²) >= 11 is 5.91. The molecular weight excluding hydrogens is 298 g/mol. The highest BCUT2D eigenvalue weighted by molar-refractivity contribution is 6.29. The summed E-state index contributed by atoms with van der Waals surface area (Å²) in [6.07, 6.45) is 8.73. The summed E-state index contributed by atoms with van der Waals surface area (Å²) in [4.78, 5) is 4.24. The van der Waals surface area contributed by atoms with Gasteiger partial charge in [-0.05, 0) is 62.0 Å². The van der Waals surface area contributed by atoms with Crippen molar-refractivity contribution in [3.05, 3.63) is 35.6 Å². The van der Waals surface area contributed by atoms with E-state index in [-0.39, 0.29) is 0 Å². The summed E-state index contributed by atoms with van der Waals surface area (Å²) in [6, 6.07) is 7.37. The minimum absolute atomic E-state index is 0.465. The third-order valence-corrected chi connectivity index (χ3v) is 4.87. The van der Waals surface area contributed by atoms with Gasteiger partial charge in [0.2, 0.25) is 5.88 Å². The second kappa shape index (κ2) is 5.92. The molecule has 0 N–H and O–H groups in total. The molecule has 2 aliphatic carbocycles. The van der Waals surface area contributed by atoms with Gasteiger partial charge in [-0.3, -0.25) is 0 Å². The van der Waals surface area contributed by atoms with E-state index in [0.29, 0.717) is 16.9 Å². The Bertz CT molecular complexity index is 637. The molecule has 2 heterocycles. The fourth-order valence-corrected chi connectivity index (χ4v) is 3.40. The van der Waals surface area contributed by atoms with Gasteiger partial charge < -0.3 is 4.74 Å². The fraction of sp³-hybridized carbons (Fsp3) is 0.529. The van der Waals surface area contributed by atoms with Crippen molar-refractivity contribution in [2.45, 2.75) is 32.1 Å². The molecule has 2 aliphatic rings. The van der Waals surface area contributed by atoms with E-state index in [4.69, 9.17) is 16.3 Å². The van der Waals surface area contributed by atoms with E-state index >= 15 is 0 Å². The van der Waals surface area contributed by atoms with E-state index in [2.05, 4.69) is 10.1 Å². The molecule has 5 heteroatoms. The van der Waals surface area contributed by atoms with Crippen LogP contribution in [0.4, 0.5) is 0 Å². The lowest BCUT2D eigenvalue weighted by molar-refractivity contribution is 0.243. The summed E-state index contributed by atoms with van der Waals surface area (Å²) in [5.74, 6) is 4.20. The molecule has 2 aromatic heterocycles. The van der Waals surface area contributed by atoms with Gasteiger partial charge in [-0.25, -0.2) is 9.67 Å². The van der Waals surface area contributed by atoms with Gasteiger partial charge in [-0.15, -0.1) is 5.10 Å². The monoisotopic (exact) mass is 317 g/mol. The molecule has 2 aromatic rings. The highest BCUT2D eigenvalue weighted by Gasteiger charge is 2.40. The van der Waals surface area contributed by atoms with Crippen molar-refractivity contribution in [1.82, 2.24) is 14.8 Å². The molecule has 2 saturated carbocycles. The average molecular weight is 318 g/mol. The van der Waals surface area contributed by atoms with Gasteiger partial charge in [0.15, 0.2) is 5.82 Å². The van der Waals surface area contributed by atoms with Gasteiger partial charge in [0.25, 0.3) is 0 Å². The van der Waals surface area contributed by atoms with Crippen LogP contribution in [-0.4, -0.2) is 21.4 Å². The Labute approximate surface area is 135 Å². The molecule has 4 rings (SSSR count). The summed E-state index contributed by atoms with van der Waals surface area (Å²) in [6.45, 7) is 0.762. The molecule has 22 heavy (non-hydrogen) atoms. The lowest BCUT2D eigenvalue weighted by Gasteiger charge is -2.14. The van der Waals surface area contributed by atoms with Crippen molar-refractivity contribution in [3.8, 4) is 11.7 Å². The van der Waals surface area contributed by atoms with Crippen LogP contribution in [0.25, 0.3) is 5.82 Å². The van der Waals surface area contributed by atoms with Crippen LogP contribution < -0.4 is 4.74 Å². The molecule has 0 saturated heterocycles. The molecule has 0 unspecified atom stereocenters. The Kier molecular flexibility index (Phi) is 3.78. The second-order valence-electron chi connectivity index (χ2n) is 6.39. The number of halogens is 1. The van der Waals surface area contributed by atoms with Crippen LogP contribution in [0.5, 0.6) is 5.88 Å². The zero-order valence-corrected chi connectivity index (χ0v) is 13.2. The Hall–Kier alpha value is -1.55. The van der Waals surface area contributed by atoms with Crippen LogP contribution in [0, 0.1) is 17.8 Å². The molecule has 4 nitrogen and oxygen atoms in total.